The van der Waals surface area contributed by atoms with Gasteiger partial charge < -0.3 is 9.84 Å². The molecule has 0 aromatic carbocycles. The highest BCUT2D eigenvalue weighted by Crippen LogP contribution is 2.13. The topological polar surface area (TPSA) is 51.0 Å². The van der Waals surface area contributed by atoms with Crippen LogP contribution in [-0.2, 0) is 6.42 Å². The largest absolute Gasteiger partial charge is 0.338 e. The van der Waals surface area contributed by atoms with Crippen molar-refractivity contribution in [1.82, 2.24) is 10.1 Å². The number of thiophene rings is 1. The lowest BCUT2D eigenvalue weighted by molar-refractivity contribution is 0.424. The van der Waals surface area contributed by atoms with Crippen LogP contribution in [0.5, 0.6) is 0 Å². The van der Waals surface area contributed by atoms with Crippen molar-refractivity contribution in [1.29, 1.82) is 0 Å². The van der Waals surface area contributed by atoms with Gasteiger partial charge in [-0.3, -0.25) is 0 Å². The smallest absolute Gasteiger partial charge is 0.321 e. The Morgan fingerprint density at radius 2 is 2.47 bits per heavy atom. The van der Waals surface area contributed by atoms with Gasteiger partial charge in [-0.2, -0.15) is 4.98 Å². The minimum absolute atomic E-state index is 0.517. The van der Waals surface area contributed by atoms with E-state index in [9.17, 15) is 0 Å². The summed E-state index contributed by atoms with van der Waals surface area (Å²) in [5, 5.41) is 9.01. The summed E-state index contributed by atoms with van der Waals surface area (Å²) in [6, 6.07) is 4.61. The predicted molar refractivity (Wildman–Crippen MR) is 60.2 cm³/mol. The monoisotopic (exact) mass is 223 g/mol. The molecule has 15 heavy (non-hydrogen) atoms. The van der Waals surface area contributed by atoms with Crippen molar-refractivity contribution in [2.45, 2.75) is 19.8 Å². The van der Waals surface area contributed by atoms with Crippen LogP contribution in [0.25, 0.3) is 0 Å². The van der Waals surface area contributed by atoms with Crippen molar-refractivity contribution in [3.05, 3.63) is 28.2 Å². The SMILES string of the molecule is CCCNc1nc(Cc2cccs2)no1. The predicted octanol–water partition coefficient (Wildman–Crippen LogP) is 2.54. The molecule has 0 saturated heterocycles. The number of anilines is 1. The van der Waals surface area contributed by atoms with E-state index in [4.69, 9.17) is 4.52 Å². The number of hydrogen-bond acceptors (Lipinski definition) is 5. The molecule has 0 saturated carbocycles. The third kappa shape index (κ3) is 2.79. The minimum atomic E-state index is 0.517. The lowest BCUT2D eigenvalue weighted by atomic mass is 10.3. The first-order chi connectivity index (χ1) is 7.38. The van der Waals surface area contributed by atoms with Gasteiger partial charge in [-0.1, -0.05) is 18.1 Å². The lowest BCUT2D eigenvalue weighted by Gasteiger charge is -1.93. The van der Waals surface area contributed by atoms with E-state index in [-0.39, 0.29) is 0 Å². The number of hydrogen-bond donors (Lipinski definition) is 1. The fourth-order valence-electron chi connectivity index (χ4n) is 1.20. The maximum absolute atomic E-state index is 5.05. The van der Waals surface area contributed by atoms with Crippen molar-refractivity contribution in [2.24, 2.45) is 0 Å². The molecule has 0 aliphatic heterocycles. The molecule has 0 atom stereocenters. The van der Waals surface area contributed by atoms with Crippen LogP contribution in [0.3, 0.4) is 0 Å². The van der Waals surface area contributed by atoms with Gasteiger partial charge in [0, 0.05) is 17.8 Å². The summed E-state index contributed by atoms with van der Waals surface area (Å²) in [7, 11) is 0. The van der Waals surface area contributed by atoms with Gasteiger partial charge in [-0.05, 0) is 17.9 Å². The van der Waals surface area contributed by atoms with Gasteiger partial charge in [0.25, 0.3) is 0 Å². The Bertz CT molecular complexity index is 396. The van der Waals surface area contributed by atoms with Crippen molar-refractivity contribution in [3.8, 4) is 0 Å². The van der Waals surface area contributed by atoms with E-state index >= 15 is 0 Å². The molecule has 0 aliphatic carbocycles. The van der Waals surface area contributed by atoms with Gasteiger partial charge in [0.05, 0.1) is 0 Å². The highest BCUT2D eigenvalue weighted by molar-refractivity contribution is 7.09. The van der Waals surface area contributed by atoms with Crippen LogP contribution in [-0.4, -0.2) is 16.7 Å². The second-order valence-electron chi connectivity index (χ2n) is 3.20. The average molecular weight is 223 g/mol. The Morgan fingerprint density at radius 3 is 3.20 bits per heavy atom. The van der Waals surface area contributed by atoms with E-state index in [0.29, 0.717) is 6.01 Å². The molecule has 5 heteroatoms. The summed E-state index contributed by atoms with van der Waals surface area (Å²) < 4.78 is 5.05. The quantitative estimate of drug-likeness (QED) is 0.846. The zero-order valence-corrected chi connectivity index (χ0v) is 9.38. The Balaban J connectivity index is 1.95. The molecule has 0 amide bonds. The van der Waals surface area contributed by atoms with E-state index in [0.717, 1.165) is 25.2 Å². The van der Waals surface area contributed by atoms with Crippen molar-refractivity contribution >= 4 is 17.4 Å². The number of nitrogens with one attached hydrogen (secondary N) is 1. The third-order valence-corrected chi connectivity index (χ3v) is 2.78. The van der Waals surface area contributed by atoms with E-state index in [1.54, 1.807) is 11.3 Å². The summed E-state index contributed by atoms with van der Waals surface area (Å²) in [6.07, 6.45) is 1.79. The standard InChI is InChI=1S/C10H13N3OS/c1-2-5-11-10-12-9(13-14-10)7-8-4-3-6-15-8/h3-4,6H,2,5,7H2,1H3,(H,11,12,13). The van der Waals surface area contributed by atoms with Crippen LogP contribution in [0.15, 0.2) is 22.0 Å². The first-order valence-electron chi connectivity index (χ1n) is 4.97. The highest BCUT2D eigenvalue weighted by Gasteiger charge is 2.06. The molecule has 2 aromatic heterocycles. The molecular formula is C10H13N3OS. The van der Waals surface area contributed by atoms with Crippen molar-refractivity contribution in [3.63, 3.8) is 0 Å². The normalized spacial score (nSPS) is 10.5. The first-order valence-corrected chi connectivity index (χ1v) is 5.85. The zero-order chi connectivity index (χ0) is 10.5. The Kier molecular flexibility index (Phi) is 3.34. The lowest BCUT2D eigenvalue weighted by Crippen LogP contribution is -1.99. The molecule has 1 N–H and O–H groups in total. The van der Waals surface area contributed by atoms with E-state index < -0.39 is 0 Å². The fraction of sp³-hybridized carbons (Fsp3) is 0.400. The van der Waals surface area contributed by atoms with E-state index in [1.807, 2.05) is 11.4 Å². The maximum atomic E-state index is 5.05. The Labute approximate surface area is 92.3 Å². The molecular weight excluding hydrogens is 210 g/mol. The van der Waals surface area contributed by atoms with Crippen molar-refractivity contribution < 1.29 is 4.52 Å². The second-order valence-corrected chi connectivity index (χ2v) is 4.23. The number of rotatable bonds is 5. The molecule has 0 aliphatic rings. The zero-order valence-electron chi connectivity index (χ0n) is 8.56. The molecule has 0 radical (unpaired) electrons. The Hall–Kier alpha value is -1.36. The van der Waals surface area contributed by atoms with Crippen LogP contribution >= 0.6 is 11.3 Å². The van der Waals surface area contributed by atoms with Crippen LogP contribution in [0.4, 0.5) is 6.01 Å². The number of aromatic nitrogens is 2. The molecule has 0 spiro atoms. The molecule has 0 unspecified atom stereocenters. The molecule has 0 fully saturated rings. The van der Waals surface area contributed by atoms with Gasteiger partial charge >= 0.3 is 6.01 Å². The van der Waals surface area contributed by atoms with E-state index in [2.05, 4.69) is 28.4 Å². The van der Waals surface area contributed by atoms with Gasteiger partial charge in [0.2, 0.25) is 0 Å². The first kappa shape index (κ1) is 10.2. The van der Waals surface area contributed by atoms with Gasteiger partial charge in [-0.15, -0.1) is 11.3 Å². The van der Waals surface area contributed by atoms with Crippen LogP contribution < -0.4 is 5.32 Å². The van der Waals surface area contributed by atoms with Crippen LogP contribution in [0.1, 0.15) is 24.0 Å². The average Bonchev–Trinajstić information content (AvgIpc) is 2.87. The Morgan fingerprint density at radius 1 is 1.53 bits per heavy atom. The van der Waals surface area contributed by atoms with Crippen LogP contribution in [0, 0.1) is 0 Å². The highest BCUT2D eigenvalue weighted by atomic mass is 32.1. The molecule has 4 nitrogen and oxygen atoms in total. The van der Waals surface area contributed by atoms with Crippen molar-refractivity contribution in [2.75, 3.05) is 11.9 Å². The molecule has 2 aromatic rings. The summed E-state index contributed by atoms with van der Waals surface area (Å²) in [6.45, 7) is 2.95. The third-order valence-electron chi connectivity index (χ3n) is 1.91. The summed E-state index contributed by atoms with van der Waals surface area (Å²) in [5.41, 5.74) is 0. The molecule has 80 valence electrons. The summed E-state index contributed by atoms with van der Waals surface area (Å²) in [4.78, 5) is 5.49. The molecule has 2 rings (SSSR count). The second kappa shape index (κ2) is 4.93. The van der Waals surface area contributed by atoms with Gasteiger partial charge in [0.1, 0.15) is 0 Å². The fourth-order valence-corrected chi connectivity index (χ4v) is 1.90. The summed E-state index contributed by atoms with van der Waals surface area (Å²) in [5.74, 6) is 0.732. The van der Waals surface area contributed by atoms with E-state index in [1.165, 1.54) is 4.88 Å². The summed E-state index contributed by atoms with van der Waals surface area (Å²) >= 11 is 1.70. The van der Waals surface area contributed by atoms with Crippen LogP contribution in [0.2, 0.25) is 0 Å². The maximum Gasteiger partial charge on any atom is 0.321 e. The minimum Gasteiger partial charge on any atom is -0.338 e. The van der Waals surface area contributed by atoms with Gasteiger partial charge in [-0.25, -0.2) is 0 Å². The number of nitrogens with zero attached hydrogens (tertiary/aromatic N) is 2. The molecule has 0 bridgehead atoms. The van der Waals surface area contributed by atoms with Gasteiger partial charge in [0.15, 0.2) is 5.82 Å². The molecule has 2 heterocycles.